The van der Waals surface area contributed by atoms with Crippen molar-refractivity contribution in [1.82, 2.24) is 0 Å². The minimum absolute atomic E-state index is 0.131. The van der Waals surface area contributed by atoms with E-state index in [-0.39, 0.29) is 23.0 Å². The average Bonchev–Trinajstić information content (AvgIpc) is 2.60. The Bertz CT molecular complexity index is 597. The van der Waals surface area contributed by atoms with Gasteiger partial charge in [-0.25, -0.2) is 0 Å². The molecule has 0 saturated heterocycles. The Labute approximate surface area is 141 Å². The lowest BCUT2D eigenvalue weighted by atomic mass is 9.86. The first-order valence-corrected chi connectivity index (χ1v) is 8.25. The maximum Gasteiger partial charge on any atom is 0.296 e. The van der Waals surface area contributed by atoms with Gasteiger partial charge in [-0.2, -0.15) is 0 Å². The van der Waals surface area contributed by atoms with E-state index in [0.29, 0.717) is 18.1 Å². The van der Waals surface area contributed by atoms with Crippen LogP contribution in [0, 0.1) is 16.0 Å². The summed E-state index contributed by atoms with van der Waals surface area (Å²) in [6.07, 6.45) is 7.28. The highest BCUT2D eigenvalue weighted by molar-refractivity contribution is 5.93. The molecule has 1 fully saturated rings. The fourth-order valence-corrected chi connectivity index (χ4v) is 3.14. The van der Waals surface area contributed by atoms with Crippen LogP contribution < -0.4 is 14.8 Å². The zero-order valence-corrected chi connectivity index (χ0v) is 14.2. The first-order valence-electron chi connectivity index (χ1n) is 8.25. The number of hydrogen-bond acceptors (Lipinski definition) is 5. The number of methoxy groups -OCH3 is 2. The molecule has 1 aromatic carbocycles. The van der Waals surface area contributed by atoms with Crippen molar-refractivity contribution < 1.29 is 19.2 Å². The van der Waals surface area contributed by atoms with Crippen molar-refractivity contribution in [3.05, 3.63) is 22.2 Å². The van der Waals surface area contributed by atoms with Gasteiger partial charge in [0.15, 0.2) is 11.5 Å². The summed E-state index contributed by atoms with van der Waals surface area (Å²) in [6, 6.07) is 2.69. The lowest BCUT2D eigenvalue weighted by molar-refractivity contribution is -0.384. The van der Waals surface area contributed by atoms with E-state index in [1.807, 2.05) is 0 Å². The Kier molecular flexibility index (Phi) is 6.40. The maximum absolute atomic E-state index is 12.2. The Hall–Kier alpha value is -2.31. The smallest absolute Gasteiger partial charge is 0.296 e. The topological polar surface area (TPSA) is 90.7 Å². The van der Waals surface area contributed by atoms with Crippen LogP contribution in [0.4, 0.5) is 11.4 Å². The summed E-state index contributed by atoms with van der Waals surface area (Å²) in [5.41, 5.74) is -0.0787. The monoisotopic (exact) mass is 336 g/mol. The number of hydrogen-bond donors (Lipinski definition) is 1. The van der Waals surface area contributed by atoms with Crippen LogP contribution in [-0.2, 0) is 4.79 Å². The van der Waals surface area contributed by atoms with Gasteiger partial charge in [0.1, 0.15) is 5.69 Å². The molecule has 1 aliphatic rings. The molecule has 7 heteroatoms. The molecule has 0 bridgehead atoms. The fraction of sp³-hybridized carbons (Fsp3) is 0.588. The van der Waals surface area contributed by atoms with Gasteiger partial charge in [-0.05, 0) is 12.3 Å². The van der Waals surface area contributed by atoms with Gasteiger partial charge in [-0.3, -0.25) is 14.9 Å². The summed E-state index contributed by atoms with van der Waals surface area (Å²) in [6.45, 7) is 0. The first-order chi connectivity index (χ1) is 11.5. The SMILES string of the molecule is COc1cc(NC(=O)CCC2CCCCC2)c([N+](=O)[O-])cc1OC. The van der Waals surface area contributed by atoms with Crippen molar-refractivity contribution in [3.63, 3.8) is 0 Å². The summed E-state index contributed by atoms with van der Waals surface area (Å²) in [5.74, 6) is 0.968. The molecule has 7 nitrogen and oxygen atoms in total. The third-order valence-electron chi connectivity index (χ3n) is 4.48. The van der Waals surface area contributed by atoms with E-state index in [4.69, 9.17) is 9.47 Å². The number of nitrogens with one attached hydrogen (secondary N) is 1. The molecule has 0 radical (unpaired) electrons. The third kappa shape index (κ3) is 4.59. The first kappa shape index (κ1) is 18.0. The maximum atomic E-state index is 12.2. The summed E-state index contributed by atoms with van der Waals surface area (Å²) >= 11 is 0. The van der Waals surface area contributed by atoms with E-state index in [0.717, 1.165) is 6.42 Å². The molecule has 1 aromatic rings. The summed E-state index contributed by atoms with van der Waals surface area (Å²) in [5, 5.41) is 13.9. The number of nitro benzene ring substituents is 1. The zero-order valence-electron chi connectivity index (χ0n) is 14.2. The van der Waals surface area contributed by atoms with Gasteiger partial charge in [0.25, 0.3) is 5.69 Å². The van der Waals surface area contributed by atoms with E-state index in [1.54, 1.807) is 0 Å². The molecule has 2 rings (SSSR count). The number of benzene rings is 1. The number of amides is 1. The molecule has 0 unspecified atom stereocenters. The number of rotatable bonds is 7. The zero-order chi connectivity index (χ0) is 17.5. The van der Waals surface area contributed by atoms with Crippen LogP contribution in [0.5, 0.6) is 11.5 Å². The number of carbonyl (C=O) groups is 1. The molecule has 0 aromatic heterocycles. The van der Waals surface area contributed by atoms with Crippen molar-refractivity contribution in [1.29, 1.82) is 0 Å². The second-order valence-corrected chi connectivity index (χ2v) is 6.07. The molecule has 1 saturated carbocycles. The Balaban J connectivity index is 2.06. The molecule has 0 heterocycles. The standard InChI is InChI=1S/C17H24N2O5/c1-23-15-10-13(14(19(21)22)11-16(15)24-2)18-17(20)9-8-12-6-4-3-5-7-12/h10-12H,3-9H2,1-2H3,(H,18,20). The third-order valence-corrected chi connectivity index (χ3v) is 4.48. The predicted molar refractivity (Wildman–Crippen MR) is 90.6 cm³/mol. The molecule has 0 spiro atoms. The van der Waals surface area contributed by atoms with E-state index < -0.39 is 4.92 Å². The van der Waals surface area contributed by atoms with Crippen LogP contribution in [0.2, 0.25) is 0 Å². The van der Waals surface area contributed by atoms with E-state index >= 15 is 0 Å². The van der Waals surface area contributed by atoms with Gasteiger partial charge < -0.3 is 14.8 Å². The molecule has 24 heavy (non-hydrogen) atoms. The second-order valence-electron chi connectivity index (χ2n) is 6.07. The van der Waals surface area contributed by atoms with Crippen molar-refractivity contribution >= 4 is 17.3 Å². The minimum atomic E-state index is -0.543. The van der Waals surface area contributed by atoms with Gasteiger partial charge in [0, 0.05) is 12.5 Å². The second kappa shape index (κ2) is 8.52. The highest BCUT2D eigenvalue weighted by Gasteiger charge is 2.22. The van der Waals surface area contributed by atoms with Crippen molar-refractivity contribution in [2.24, 2.45) is 5.92 Å². The quantitative estimate of drug-likeness (QED) is 0.602. The van der Waals surface area contributed by atoms with E-state index in [2.05, 4.69) is 5.32 Å². The van der Waals surface area contributed by atoms with Gasteiger partial charge >= 0.3 is 0 Å². The molecule has 0 aliphatic heterocycles. The number of carbonyl (C=O) groups excluding carboxylic acids is 1. The Morgan fingerprint density at radius 3 is 2.42 bits per heavy atom. The highest BCUT2D eigenvalue weighted by Crippen LogP contribution is 2.37. The lowest BCUT2D eigenvalue weighted by Crippen LogP contribution is -2.15. The van der Waals surface area contributed by atoms with Crippen molar-refractivity contribution in [3.8, 4) is 11.5 Å². The van der Waals surface area contributed by atoms with Gasteiger partial charge in [0.2, 0.25) is 5.91 Å². The molecule has 132 valence electrons. The summed E-state index contributed by atoms with van der Waals surface area (Å²) < 4.78 is 10.2. The highest BCUT2D eigenvalue weighted by atomic mass is 16.6. The Morgan fingerprint density at radius 2 is 1.83 bits per heavy atom. The van der Waals surface area contributed by atoms with Crippen LogP contribution in [0.25, 0.3) is 0 Å². The van der Waals surface area contributed by atoms with Crippen LogP contribution in [0.1, 0.15) is 44.9 Å². The van der Waals surface area contributed by atoms with Crippen LogP contribution in [0.3, 0.4) is 0 Å². The van der Waals surface area contributed by atoms with Crippen molar-refractivity contribution in [2.45, 2.75) is 44.9 Å². The van der Waals surface area contributed by atoms with Gasteiger partial charge in [-0.15, -0.1) is 0 Å². The predicted octanol–water partition coefficient (Wildman–Crippen LogP) is 3.91. The van der Waals surface area contributed by atoms with Crippen LogP contribution in [0.15, 0.2) is 12.1 Å². The van der Waals surface area contributed by atoms with Crippen molar-refractivity contribution in [2.75, 3.05) is 19.5 Å². The molecule has 1 N–H and O–H groups in total. The average molecular weight is 336 g/mol. The normalized spacial score (nSPS) is 14.9. The van der Waals surface area contributed by atoms with E-state index in [9.17, 15) is 14.9 Å². The number of nitro groups is 1. The van der Waals surface area contributed by atoms with Crippen LogP contribution in [-0.4, -0.2) is 25.1 Å². The number of nitrogens with zero attached hydrogens (tertiary/aromatic N) is 1. The largest absolute Gasteiger partial charge is 0.493 e. The minimum Gasteiger partial charge on any atom is -0.493 e. The van der Waals surface area contributed by atoms with E-state index in [1.165, 1.54) is 58.5 Å². The summed E-state index contributed by atoms with van der Waals surface area (Å²) in [4.78, 5) is 22.9. The number of ether oxygens (including phenoxy) is 2. The lowest BCUT2D eigenvalue weighted by Gasteiger charge is -2.21. The molecule has 1 aliphatic carbocycles. The molecular formula is C17H24N2O5. The van der Waals surface area contributed by atoms with Gasteiger partial charge in [-0.1, -0.05) is 32.1 Å². The fourth-order valence-electron chi connectivity index (χ4n) is 3.14. The van der Waals surface area contributed by atoms with Crippen LogP contribution >= 0.6 is 0 Å². The summed E-state index contributed by atoms with van der Waals surface area (Å²) in [7, 11) is 2.85. The molecule has 0 atom stereocenters. The Morgan fingerprint density at radius 1 is 1.21 bits per heavy atom. The molecule has 1 amide bonds. The molecular weight excluding hydrogens is 312 g/mol. The van der Waals surface area contributed by atoms with Gasteiger partial charge in [0.05, 0.1) is 25.2 Å². The number of anilines is 1.